The van der Waals surface area contributed by atoms with Crippen molar-refractivity contribution in [2.45, 2.75) is 0 Å². The minimum Gasteiger partial charge on any atom is -0.323 e. The summed E-state index contributed by atoms with van der Waals surface area (Å²) in [5.74, 6) is 6.13. The summed E-state index contributed by atoms with van der Waals surface area (Å²) in [6.45, 7) is 0. The van der Waals surface area contributed by atoms with Gasteiger partial charge < -0.3 is 5.84 Å². The monoisotopic (exact) mass is 378 g/mol. The fourth-order valence-electron chi connectivity index (χ4n) is 3.96. The highest BCUT2D eigenvalue weighted by molar-refractivity contribution is 7.31. The van der Waals surface area contributed by atoms with Crippen molar-refractivity contribution in [3.8, 4) is 0 Å². The smallest absolute Gasteiger partial charge is 0.205 e. The molecule has 0 heterocycles. The zero-order valence-corrected chi connectivity index (χ0v) is 16.6. The van der Waals surface area contributed by atoms with E-state index < -0.39 is 8.07 Å². The molecule has 0 amide bonds. The van der Waals surface area contributed by atoms with Crippen LogP contribution in [-0.2, 0) is 0 Å². The minimum absolute atomic E-state index is 0.955. The average molecular weight is 379 g/mol. The van der Waals surface area contributed by atoms with Crippen LogP contribution in [0.3, 0.4) is 0 Å². The minimum atomic E-state index is -2.67. The molecule has 0 atom stereocenters. The van der Waals surface area contributed by atoms with E-state index in [9.17, 15) is 0 Å². The number of hydrazone groups is 1. The Labute approximate surface area is 167 Å². The first-order valence-electron chi connectivity index (χ1n) is 9.37. The van der Waals surface area contributed by atoms with Crippen LogP contribution in [0.15, 0.2) is 126 Å². The van der Waals surface area contributed by atoms with Crippen LogP contribution in [0.4, 0.5) is 0 Å². The summed E-state index contributed by atoms with van der Waals surface area (Å²) >= 11 is 0. The van der Waals surface area contributed by atoms with Crippen LogP contribution in [-0.4, -0.2) is 13.4 Å². The highest BCUT2D eigenvalue weighted by Gasteiger charge is 2.45. The summed E-state index contributed by atoms with van der Waals surface area (Å²) in [6, 6.07) is 42.3. The molecule has 0 aliphatic carbocycles. The van der Waals surface area contributed by atoms with Crippen molar-refractivity contribution in [1.29, 1.82) is 0 Å². The number of hydrogen-bond donors (Lipinski definition) is 1. The molecule has 4 rings (SSSR count). The van der Waals surface area contributed by atoms with Crippen LogP contribution >= 0.6 is 0 Å². The maximum atomic E-state index is 6.13. The molecule has 0 spiro atoms. The molecule has 0 fully saturated rings. The van der Waals surface area contributed by atoms with Gasteiger partial charge in [0.15, 0.2) is 0 Å². The number of hydrogen-bond acceptors (Lipinski definition) is 2. The van der Waals surface area contributed by atoms with E-state index in [2.05, 4.69) is 108 Å². The third-order valence-corrected chi connectivity index (χ3v) is 9.88. The third kappa shape index (κ3) is 3.06. The summed E-state index contributed by atoms with van der Waals surface area (Å²) in [7, 11) is -2.67. The molecule has 0 saturated carbocycles. The van der Waals surface area contributed by atoms with Crippen LogP contribution in [0.5, 0.6) is 0 Å². The highest BCUT2D eigenvalue weighted by Crippen LogP contribution is 2.16. The van der Waals surface area contributed by atoms with Crippen LogP contribution in [0, 0.1) is 0 Å². The molecule has 0 aliphatic rings. The standard InChI is InChI=1S/C25H22N2Si/c26-27-25(21-13-5-1-6-14-21)28(22-15-7-2-8-16-22,23-17-9-3-10-18-23)24-19-11-4-12-20-24/h1-20H,26H2/b27-25+. The van der Waals surface area contributed by atoms with Crippen LogP contribution < -0.4 is 21.4 Å². The summed E-state index contributed by atoms with van der Waals surface area (Å²) in [6.07, 6.45) is 0. The molecule has 0 saturated heterocycles. The molecular weight excluding hydrogens is 356 g/mol. The highest BCUT2D eigenvalue weighted by atomic mass is 28.3. The summed E-state index contributed by atoms with van der Waals surface area (Å²) < 4.78 is 0. The SMILES string of the molecule is N/N=C(\c1ccccc1)[Si](c1ccccc1)(c1ccccc1)c1ccccc1. The van der Waals surface area contributed by atoms with Crippen molar-refractivity contribution in [3.63, 3.8) is 0 Å². The first-order chi connectivity index (χ1) is 13.9. The molecule has 0 unspecified atom stereocenters. The second kappa shape index (κ2) is 8.07. The fourth-order valence-corrected chi connectivity index (χ4v) is 8.65. The Balaban J connectivity index is 2.13. The molecule has 0 aliphatic heterocycles. The molecule has 28 heavy (non-hydrogen) atoms. The topological polar surface area (TPSA) is 38.4 Å². The average Bonchev–Trinajstić information content (AvgIpc) is 2.80. The molecule has 0 aromatic heterocycles. The Morgan fingerprint density at radius 3 is 1.14 bits per heavy atom. The van der Waals surface area contributed by atoms with Crippen LogP contribution in [0.1, 0.15) is 5.56 Å². The van der Waals surface area contributed by atoms with Gasteiger partial charge in [-0.3, -0.25) is 0 Å². The van der Waals surface area contributed by atoms with Gasteiger partial charge in [0.25, 0.3) is 0 Å². The largest absolute Gasteiger partial charge is 0.323 e. The van der Waals surface area contributed by atoms with Crippen molar-refractivity contribution >= 4 is 29.0 Å². The van der Waals surface area contributed by atoms with E-state index in [1.165, 1.54) is 15.6 Å². The molecule has 3 heteroatoms. The predicted octanol–water partition coefficient (Wildman–Crippen LogP) is 3.06. The summed E-state index contributed by atoms with van der Waals surface area (Å²) in [4.78, 5) is 0. The number of nitrogens with two attached hydrogens (primary N) is 1. The third-order valence-electron chi connectivity index (χ3n) is 5.15. The number of benzene rings is 4. The van der Waals surface area contributed by atoms with E-state index in [0.717, 1.165) is 10.9 Å². The first-order valence-corrected chi connectivity index (χ1v) is 11.4. The second-order valence-electron chi connectivity index (χ2n) is 6.69. The van der Waals surface area contributed by atoms with Gasteiger partial charge in [-0.1, -0.05) is 121 Å². The van der Waals surface area contributed by atoms with Gasteiger partial charge in [-0.25, -0.2) is 0 Å². The van der Waals surface area contributed by atoms with E-state index in [-0.39, 0.29) is 0 Å². The van der Waals surface area contributed by atoms with Crippen molar-refractivity contribution in [2.24, 2.45) is 10.9 Å². The van der Waals surface area contributed by atoms with E-state index >= 15 is 0 Å². The molecule has 0 bridgehead atoms. The van der Waals surface area contributed by atoms with Gasteiger partial charge in [0.05, 0.1) is 5.33 Å². The van der Waals surface area contributed by atoms with E-state index in [1.54, 1.807) is 0 Å². The molecule has 4 aromatic carbocycles. The fraction of sp³-hybridized carbons (Fsp3) is 0. The van der Waals surface area contributed by atoms with E-state index in [1.807, 2.05) is 18.2 Å². The Bertz CT molecular complexity index is 950. The van der Waals surface area contributed by atoms with E-state index in [4.69, 9.17) is 5.84 Å². The molecule has 0 radical (unpaired) electrons. The quantitative estimate of drug-likeness (QED) is 0.187. The maximum Gasteiger partial charge on any atom is 0.205 e. The Morgan fingerprint density at radius 2 is 0.821 bits per heavy atom. The van der Waals surface area contributed by atoms with Crippen molar-refractivity contribution in [1.82, 2.24) is 0 Å². The Hall–Kier alpha value is -3.43. The van der Waals surface area contributed by atoms with Gasteiger partial charge in [0, 0.05) is 0 Å². The molecular formula is C25H22N2Si. The van der Waals surface area contributed by atoms with Gasteiger partial charge >= 0.3 is 0 Å². The molecule has 136 valence electrons. The normalized spacial score (nSPS) is 11.9. The Morgan fingerprint density at radius 1 is 0.500 bits per heavy atom. The van der Waals surface area contributed by atoms with Gasteiger partial charge in [-0.2, -0.15) is 5.10 Å². The van der Waals surface area contributed by atoms with Crippen molar-refractivity contribution in [3.05, 3.63) is 127 Å². The maximum absolute atomic E-state index is 6.13. The molecule has 2 nitrogen and oxygen atoms in total. The van der Waals surface area contributed by atoms with Crippen molar-refractivity contribution in [2.75, 3.05) is 0 Å². The lowest BCUT2D eigenvalue weighted by atomic mass is 10.2. The Kier molecular flexibility index (Phi) is 5.17. The first kappa shape index (κ1) is 18.0. The lowest BCUT2D eigenvalue weighted by Gasteiger charge is -2.34. The second-order valence-corrected chi connectivity index (χ2v) is 10.4. The number of nitrogens with zero attached hydrogens (tertiary/aromatic N) is 1. The molecule has 2 N–H and O–H groups in total. The van der Waals surface area contributed by atoms with Gasteiger partial charge in [-0.05, 0) is 21.1 Å². The lowest BCUT2D eigenvalue weighted by molar-refractivity contribution is 1.25. The van der Waals surface area contributed by atoms with Crippen LogP contribution in [0.2, 0.25) is 0 Å². The van der Waals surface area contributed by atoms with Gasteiger partial charge in [0.1, 0.15) is 0 Å². The van der Waals surface area contributed by atoms with Crippen molar-refractivity contribution < 1.29 is 0 Å². The summed E-state index contributed by atoms with van der Waals surface area (Å²) in [5, 5.41) is 9.19. The van der Waals surface area contributed by atoms with Gasteiger partial charge in [0.2, 0.25) is 8.07 Å². The zero-order chi connectivity index (χ0) is 19.2. The number of rotatable bonds is 5. The lowest BCUT2D eigenvalue weighted by Crippen LogP contribution is -2.73. The van der Waals surface area contributed by atoms with Gasteiger partial charge in [-0.15, -0.1) is 0 Å². The van der Waals surface area contributed by atoms with E-state index in [0.29, 0.717) is 0 Å². The predicted molar refractivity (Wildman–Crippen MR) is 121 cm³/mol. The summed E-state index contributed by atoms with van der Waals surface area (Å²) in [5.41, 5.74) is 1.06. The molecule has 4 aromatic rings. The zero-order valence-electron chi connectivity index (χ0n) is 15.6. The van der Waals surface area contributed by atoms with Crippen LogP contribution in [0.25, 0.3) is 0 Å².